The number of nitrogens with zero attached hydrogens (tertiary/aromatic N) is 2. The zero-order valence-corrected chi connectivity index (χ0v) is 16.2. The van der Waals surface area contributed by atoms with Crippen molar-refractivity contribution in [1.82, 2.24) is 4.90 Å². The minimum Gasteiger partial charge on any atom is -0.449 e. The van der Waals surface area contributed by atoms with Crippen molar-refractivity contribution in [3.8, 4) is 0 Å². The number of hydrogen-bond donors (Lipinski definition) is 1. The third-order valence-corrected chi connectivity index (χ3v) is 4.81. The van der Waals surface area contributed by atoms with Crippen LogP contribution in [0.1, 0.15) is 35.7 Å². The molecular formula is C21H23N3O5. The zero-order chi connectivity index (χ0) is 20.8. The van der Waals surface area contributed by atoms with Crippen molar-refractivity contribution in [2.24, 2.45) is 0 Å². The van der Waals surface area contributed by atoms with Crippen LogP contribution in [0.15, 0.2) is 48.5 Å². The summed E-state index contributed by atoms with van der Waals surface area (Å²) in [5.41, 5.74) is 1.08. The molecule has 0 unspecified atom stereocenters. The van der Waals surface area contributed by atoms with E-state index in [1.165, 1.54) is 25.1 Å². The Morgan fingerprint density at radius 3 is 2.52 bits per heavy atom. The number of rotatable bonds is 7. The first kappa shape index (κ1) is 20.3. The molecule has 0 saturated carbocycles. The first-order chi connectivity index (χ1) is 14.0. The van der Waals surface area contributed by atoms with Crippen LogP contribution in [0.4, 0.5) is 11.4 Å². The van der Waals surface area contributed by atoms with Gasteiger partial charge in [0.15, 0.2) is 6.10 Å². The molecule has 0 bridgehead atoms. The summed E-state index contributed by atoms with van der Waals surface area (Å²) >= 11 is 0. The van der Waals surface area contributed by atoms with E-state index in [0.29, 0.717) is 25.3 Å². The van der Waals surface area contributed by atoms with Gasteiger partial charge in [-0.2, -0.15) is 0 Å². The summed E-state index contributed by atoms with van der Waals surface area (Å²) in [7, 11) is 0. The number of anilines is 1. The van der Waals surface area contributed by atoms with Gasteiger partial charge in [0.05, 0.1) is 10.5 Å². The Morgan fingerprint density at radius 1 is 1.17 bits per heavy atom. The molecule has 0 radical (unpaired) electrons. The highest BCUT2D eigenvalue weighted by atomic mass is 16.6. The van der Waals surface area contributed by atoms with Crippen LogP contribution in [0, 0.1) is 10.1 Å². The Labute approximate surface area is 168 Å². The van der Waals surface area contributed by atoms with Crippen LogP contribution in [0.3, 0.4) is 0 Å². The van der Waals surface area contributed by atoms with Crippen molar-refractivity contribution in [1.29, 1.82) is 0 Å². The molecule has 1 heterocycles. The van der Waals surface area contributed by atoms with Gasteiger partial charge in [-0.25, -0.2) is 4.79 Å². The number of nitro benzene ring substituents is 1. The summed E-state index contributed by atoms with van der Waals surface area (Å²) in [4.78, 5) is 37.3. The average Bonchev–Trinajstić information content (AvgIpc) is 3.27. The molecule has 8 heteroatoms. The number of nitrogens with one attached hydrogen (secondary N) is 1. The SMILES string of the molecule is C[C@@H](OC(=O)c1ccc(NCc2ccccc2)c([N+](=O)[O-])c1)C(=O)N1CCCC1. The van der Waals surface area contributed by atoms with Gasteiger partial charge in [-0.1, -0.05) is 30.3 Å². The molecule has 3 rings (SSSR count). The molecule has 1 aliphatic heterocycles. The Balaban J connectivity index is 1.69. The molecule has 1 saturated heterocycles. The first-order valence-electron chi connectivity index (χ1n) is 9.51. The van der Waals surface area contributed by atoms with E-state index in [0.717, 1.165) is 18.4 Å². The molecule has 1 N–H and O–H groups in total. The van der Waals surface area contributed by atoms with Gasteiger partial charge >= 0.3 is 5.97 Å². The Morgan fingerprint density at radius 2 is 1.86 bits per heavy atom. The zero-order valence-electron chi connectivity index (χ0n) is 16.2. The van der Waals surface area contributed by atoms with Gasteiger partial charge in [0.25, 0.3) is 11.6 Å². The molecule has 2 aromatic rings. The third-order valence-electron chi connectivity index (χ3n) is 4.81. The Kier molecular flexibility index (Phi) is 6.43. The topological polar surface area (TPSA) is 102 Å². The van der Waals surface area contributed by atoms with E-state index in [-0.39, 0.29) is 17.2 Å². The van der Waals surface area contributed by atoms with Gasteiger partial charge in [0.2, 0.25) is 0 Å². The summed E-state index contributed by atoms with van der Waals surface area (Å²) in [6, 6.07) is 13.6. The number of amides is 1. The summed E-state index contributed by atoms with van der Waals surface area (Å²) < 4.78 is 5.24. The molecule has 29 heavy (non-hydrogen) atoms. The first-order valence-corrected chi connectivity index (χ1v) is 9.51. The normalized spacial score (nSPS) is 14.3. The predicted octanol–water partition coefficient (Wildman–Crippen LogP) is 3.37. The molecule has 0 aliphatic carbocycles. The van der Waals surface area contributed by atoms with Crippen LogP contribution >= 0.6 is 0 Å². The molecule has 0 aromatic heterocycles. The number of benzene rings is 2. The predicted molar refractivity (Wildman–Crippen MR) is 108 cm³/mol. The monoisotopic (exact) mass is 397 g/mol. The third kappa shape index (κ3) is 5.10. The molecular weight excluding hydrogens is 374 g/mol. The van der Waals surface area contributed by atoms with Gasteiger partial charge in [0, 0.05) is 25.7 Å². The van der Waals surface area contributed by atoms with Crippen LogP contribution in [0.5, 0.6) is 0 Å². The quantitative estimate of drug-likeness (QED) is 0.437. The van der Waals surface area contributed by atoms with Crippen molar-refractivity contribution in [3.05, 3.63) is 69.8 Å². The summed E-state index contributed by atoms with van der Waals surface area (Å²) in [6.07, 6.45) is 0.946. The molecule has 8 nitrogen and oxygen atoms in total. The smallest absolute Gasteiger partial charge is 0.339 e. The fourth-order valence-electron chi connectivity index (χ4n) is 3.23. The number of ether oxygens (including phenoxy) is 1. The Hall–Kier alpha value is -3.42. The number of esters is 1. The lowest BCUT2D eigenvalue weighted by molar-refractivity contribution is -0.384. The fourth-order valence-corrected chi connectivity index (χ4v) is 3.23. The van der Waals surface area contributed by atoms with E-state index < -0.39 is 17.0 Å². The van der Waals surface area contributed by atoms with Crippen molar-refractivity contribution in [2.45, 2.75) is 32.4 Å². The average molecular weight is 397 g/mol. The summed E-state index contributed by atoms with van der Waals surface area (Å²) in [5.74, 6) is -1.01. The highest BCUT2D eigenvalue weighted by molar-refractivity contribution is 5.93. The second kappa shape index (κ2) is 9.18. The van der Waals surface area contributed by atoms with Gasteiger partial charge < -0.3 is 15.0 Å². The number of nitro groups is 1. The minimum absolute atomic E-state index is 0.0306. The molecule has 1 aliphatic rings. The maximum absolute atomic E-state index is 12.4. The molecule has 1 atom stereocenters. The van der Waals surface area contributed by atoms with Crippen LogP contribution in [0.2, 0.25) is 0 Å². The van der Waals surface area contributed by atoms with Gasteiger partial charge in [-0.05, 0) is 37.5 Å². The molecule has 1 fully saturated rings. The van der Waals surface area contributed by atoms with Crippen molar-refractivity contribution in [2.75, 3.05) is 18.4 Å². The second-order valence-corrected chi connectivity index (χ2v) is 6.91. The number of carbonyl (C=O) groups excluding carboxylic acids is 2. The molecule has 2 aromatic carbocycles. The van der Waals surface area contributed by atoms with Gasteiger partial charge in [-0.15, -0.1) is 0 Å². The van der Waals surface area contributed by atoms with Crippen LogP contribution in [0.25, 0.3) is 0 Å². The van der Waals surface area contributed by atoms with Crippen molar-refractivity contribution >= 4 is 23.3 Å². The van der Waals surface area contributed by atoms with E-state index in [9.17, 15) is 19.7 Å². The summed E-state index contributed by atoms with van der Waals surface area (Å²) in [6.45, 7) is 3.25. The van der Waals surface area contributed by atoms with Crippen LogP contribution < -0.4 is 5.32 Å². The number of hydrogen-bond acceptors (Lipinski definition) is 6. The standard InChI is InChI=1S/C21H23N3O5/c1-15(20(25)23-11-5-6-12-23)29-21(26)17-9-10-18(19(13-17)24(27)28)22-14-16-7-3-2-4-8-16/h2-4,7-10,13,15,22H,5-6,11-12,14H2,1H3/t15-/m1/s1. The number of likely N-dealkylation sites (tertiary alicyclic amines) is 1. The fraction of sp³-hybridized carbons (Fsp3) is 0.333. The lowest BCUT2D eigenvalue weighted by Gasteiger charge is -2.20. The lowest BCUT2D eigenvalue weighted by Crippen LogP contribution is -2.38. The van der Waals surface area contributed by atoms with Crippen LogP contribution in [-0.4, -0.2) is 40.9 Å². The van der Waals surface area contributed by atoms with Crippen molar-refractivity contribution < 1.29 is 19.2 Å². The molecule has 1 amide bonds. The van der Waals surface area contributed by atoms with Gasteiger partial charge in [-0.3, -0.25) is 14.9 Å². The second-order valence-electron chi connectivity index (χ2n) is 6.91. The maximum atomic E-state index is 12.4. The van der Waals surface area contributed by atoms with E-state index in [1.807, 2.05) is 30.3 Å². The van der Waals surface area contributed by atoms with Crippen LogP contribution in [-0.2, 0) is 16.1 Å². The molecule has 0 spiro atoms. The maximum Gasteiger partial charge on any atom is 0.339 e. The van der Waals surface area contributed by atoms with E-state index >= 15 is 0 Å². The van der Waals surface area contributed by atoms with E-state index in [2.05, 4.69) is 5.32 Å². The number of carbonyl (C=O) groups is 2. The summed E-state index contributed by atoms with van der Waals surface area (Å²) in [5, 5.41) is 14.5. The lowest BCUT2D eigenvalue weighted by atomic mass is 10.1. The Bertz CT molecular complexity index is 894. The van der Waals surface area contributed by atoms with E-state index in [1.54, 1.807) is 4.90 Å². The van der Waals surface area contributed by atoms with E-state index in [4.69, 9.17) is 4.74 Å². The van der Waals surface area contributed by atoms with Crippen molar-refractivity contribution in [3.63, 3.8) is 0 Å². The highest BCUT2D eigenvalue weighted by Crippen LogP contribution is 2.27. The highest BCUT2D eigenvalue weighted by Gasteiger charge is 2.27. The minimum atomic E-state index is -0.935. The molecule has 152 valence electrons. The largest absolute Gasteiger partial charge is 0.449 e. The van der Waals surface area contributed by atoms with Gasteiger partial charge in [0.1, 0.15) is 5.69 Å².